The van der Waals surface area contributed by atoms with Crippen LogP contribution in [0, 0.1) is 10.1 Å². The van der Waals surface area contributed by atoms with Crippen molar-refractivity contribution in [1.29, 1.82) is 0 Å². The Morgan fingerprint density at radius 3 is 2.82 bits per heavy atom. The maximum atomic E-state index is 11.0. The molecule has 0 spiro atoms. The van der Waals surface area contributed by atoms with Crippen LogP contribution in [0.3, 0.4) is 0 Å². The molecule has 0 amide bonds. The predicted octanol–water partition coefficient (Wildman–Crippen LogP) is 1.72. The van der Waals surface area contributed by atoms with E-state index in [1.54, 1.807) is 12.1 Å². The molecule has 2 aromatic rings. The van der Waals surface area contributed by atoms with E-state index in [9.17, 15) is 10.1 Å². The Labute approximate surface area is 101 Å². The van der Waals surface area contributed by atoms with Crippen molar-refractivity contribution in [3.63, 3.8) is 0 Å². The molecule has 0 aliphatic heterocycles. The molecule has 0 fully saturated rings. The Morgan fingerprint density at radius 2 is 2.29 bits per heavy atom. The quantitative estimate of drug-likeness (QED) is 0.493. The molecular weight excluding hydrogens is 246 g/mol. The largest absolute Gasteiger partial charge is 0.319 e. The van der Waals surface area contributed by atoms with Gasteiger partial charge in [0.1, 0.15) is 11.4 Å². The number of nitrogens with one attached hydrogen (secondary N) is 1. The van der Waals surface area contributed by atoms with E-state index in [4.69, 9.17) is 17.4 Å². The molecule has 17 heavy (non-hydrogen) atoms. The van der Waals surface area contributed by atoms with Gasteiger partial charge in [0.15, 0.2) is 0 Å². The number of nitrogen functional groups attached to an aromatic ring is 1. The van der Waals surface area contributed by atoms with Crippen LogP contribution in [-0.2, 0) is 0 Å². The van der Waals surface area contributed by atoms with Crippen LogP contribution >= 0.6 is 11.6 Å². The van der Waals surface area contributed by atoms with Gasteiger partial charge in [-0.15, -0.1) is 0 Å². The summed E-state index contributed by atoms with van der Waals surface area (Å²) in [6.45, 7) is 0. The van der Waals surface area contributed by atoms with Crippen LogP contribution < -0.4 is 11.3 Å². The lowest BCUT2D eigenvalue weighted by Gasteiger charge is -2.06. The average Bonchev–Trinajstić information content (AvgIpc) is 2.74. The van der Waals surface area contributed by atoms with Gasteiger partial charge in [0.25, 0.3) is 0 Å². The molecule has 2 rings (SSSR count). The number of hydrogen-bond acceptors (Lipinski definition) is 5. The molecule has 8 heteroatoms. The van der Waals surface area contributed by atoms with Crippen LogP contribution in [0.4, 0.5) is 11.4 Å². The van der Waals surface area contributed by atoms with Crippen molar-refractivity contribution in [2.75, 3.05) is 5.43 Å². The Bertz CT molecular complexity index is 568. The number of hydrazine groups is 1. The second kappa shape index (κ2) is 4.40. The fraction of sp³-hybridized carbons (Fsp3) is 0. The Hall–Kier alpha value is -2.12. The van der Waals surface area contributed by atoms with E-state index < -0.39 is 4.92 Å². The minimum Gasteiger partial charge on any atom is -0.318 e. The lowest BCUT2D eigenvalue weighted by atomic mass is 10.2. The van der Waals surface area contributed by atoms with Gasteiger partial charge in [-0.2, -0.15) is 5.10 Å². The van der Waals surface area contributed by atoms with E-state index in [1.807, 2.05) is 0 Å². The highest BCUT2D eigenvalue weighted by Crippen LogP contribution is 2.30. The zero-order valence-electron chi connectivity index (χ0n) is 8.50. The number of nitrogens with zero attached hydrogens (tertiary/aromatic N) is 3. The molecule has 1 heterocycles. The second-order valence-electron chi connectivity index (χ2n) is 3.18. The Morgan fingerprint density at radius 1 is 1.53 bits per heavy atom. The van der Waals surface area contributed by atoms with Gasteiger partial charge in [-0.05, 0) is 12.1 Å². The maximum absolute atomic E-state index is 11.0. The molecule has 1 aromatic heterocycles. The number of benzene rings is 1. The number of para-hydroxylation sites is 1. The van der Waals surface area contributed by atoms with Crippen LogP contribution in [0.15, 0.2) is 30.6 Å². The minimum atomic E-state index is -0.528. The third-order valence-electron chi connectivity index (χ3n) is 2.15. The van der Waals surface area contributed by atoms with Crippen LogP contribution in [0.5, 0.6) is 0 Å². The van der Waals surface area contributed by atoms with Crippen LogP contribution in [0.25, 0.3) is 5.69 Å². The molecule has 0 atom stereocenters. The minimum absolute atomic E-state index is 0.158. The highest BCUT2D eigenvalue weighted by Gasteiger charge is 2.20. The fourth-order valence-electron chi connectivity index (χ4n) is 1.46. The first-order valence-corrected chi connectivity index (χ1v) is 4.96. The highest BCUT2D eigenvalue weighted by atomic mass is 35.5. The molecule has 0 saturated carbocycles. The number of nitro benzene ring substituents is 1. The van der Waals surface area contributed by atoms with Crippen LogP contribution in [0.1, 0.15) is 0 Å². The molecule has 3 N–H and O–H groups in total. The number of hydrogen-bond donors (Lipinski definition) is 2. The van der Waals surface area contributed by atoms with Gasteiger partial charge in [0.2, 0.25) is 0 Å². The summed E-state index contributed by atoms with van der Waals surface area (Å²) in [5.74, 6) is 5.23. The first-order chi connectivity index (χ1) is 8.13. The van der Waals surface area contributed by atoms with E-state index >= 15 is 0 Å². The van der Waals surface area contributed by atoms with E-state index in [0.717, 1.165) is 0 Å². The molecular formula is C9H8ClN5O2. The monoisotopic (exact) mass is 253 g/mol. The van der Waals surface area contributed by atoms with E-state index in [-0.39, 0.29) is 17.1 Å². The highest BCUT2D eigenvalue weighted by molar-refractivity contribution is 6.30. The summed E-state index contributed by atoms with van der Waals surface area (Å²) in [5, 5.41) is 15.3. The van der Waals surface area contributed by atoms with Gasteiger partial charge < -0.3 is 5.43 Å². The topological polar surface area (TPSA) is 99.0 Å². The van der Waals surface area contributed by atoms with E-state index in [1.165, 1.54) is 23.1 Å². The lowest BCUT2D eigenvalue weighted by molar-refractivity contribution is -0.383. The molecule has 0 unspecified atom stereocenters. The molecule has 0 aliphatic rings. The molecule has 0 radical (unpaired) electrons. The summed E-state index contributed by atoms with van der Waals surface area (Å²) in [7, 11) is 0. The summed E-state index contributed by atoms with van der Waals surface area (Å²) in [6, 6.07) is 4.70. The van der Waals surface area contributed by atoms with Gasteiger partial charge in [0, 0.05) is 6.20 Å². The molecule has 7 nitrogen and oxygen atoms in total. The van der Waals surface area contributed by atoms with Crippen LogP contribution in [-0.4, -0.2) is 14.7 Å². The summed E-state index contributed by atoms with van der Waals surface area (Å²) >= 11 is 5.72. The average molecular weight is 254 g/mol. The molecule has 1 aromatic carbocycles. The molecule has 0 bridgehead atoms. The van der Waals surface area contributed by atoms with Crippen molar-refractivity contribution in [1.82, 2.24) is 9.78 Å². The van der Waals surface area contributed by atoms with Gasteiger partial charge in [-0.3, -0.25) is 16.0 Å². The Balaban J connectivity index is 2.65. The lowest BCUT2D eigenvalue weighted by Crippen LogP contribution is -2.11. The molecule has 0 saturated heterocycles. The van der Waals surface area contributed by atoms with Crippen LogP contribution in [0.2, 0.25) is 5.02 Å². The number of halogens is 1. The fourth-order valence-corrected chi connectivity index (χ4v) is 1.59. The number of anilines is 1. The summed E-state index contributed by atoms with van der Waals surface area (Å²) in [6.07, 6.45) is 2.87. The summed E-state index contributed by atoms with van der Waals surface area (Å²) < 4.78 is 1.32. The van der Waals surface area contributed by atoms with Crippen molar-refractivity contribution in [2.45, 2.75) is 0 Å². The van der Waals surface area contributed by atoms with Crippen molar-refractivity contribution in [3.05, 3.63) is 45.7 Å². The van der Waals surface area contributed by atoms with Crippen molar-refractivity contribution in [2.24, 2.45) is 5.84 Å². The number of rotatable bonds is 3. The van der Waals surface area contributed by atoms with Gasteiger partial charge >= 0.3 is 5.69 Å². The zero-order chi connectivity index (χ0) is 12.4. The summed E-state index contributed by atoms with van der Waals surface area (Å²) in [4.78, 5) is 10.5. The third-order valence-corrected chi connectivity index (χ3v) is 2.35. The normalized spacial score (nSPS) is 10.2. The van der Waals surface area contributed by atoms with Gasteiger partial charge in [-0.25, -0.2) is 4.68 Å². The first-order valence-electron chi connectivity index (χ1n) is 4.58. The third kappa shape index (κ3) is 2.05. The SMILES string of the molecule is NNc1cccc(-n2cc(Cl)cn2)c1[N+](=O)[O-]. The number of nitro groups is 1. The first kappa shape index (κ1) is 11.4. The smallest absolute Gasteiger partial charge is 0.318 e. The maximum Gasteiger partial charge on any atom is 0.319 e. The van der Waals surface area contributed by atoms with Gasteiger partial charge in [0.05, 0.1) is 16.1 Å². The second-order valence-corrected chi connectivity index (χ2v) is 3.61. The van der Waals surface area contributed by atoms with Crippen molar-refractivity contribution < 1.29 is 4.92 Å². The zero-order valence-corrected chi connectivity index (χ0v) is 9.26. The number of aromatic nitrogens is 2. The number of nitrogens with two attached hydrogens (primary N) is 1. The Kier molecular flexibility index (Phi) is 2.94. The van der Waals surface area contributed by atoms with E-state index in [2.05, 4.69) is 10.5 Å². The molecule has 88 valence electrons. The summed E-state index contributed by atoms with van der Waals surface area (Å²) in [5.41, 5.74) is 2.62. The predicted molar refractivity (Wildman–Crippen MR) is 63.0 cm³/mol. The van der Waals surface area contributed by atoms with Crippen molar-refractivity contribution >= 4 is 23.0 Å². The van der Waals surface area contributed by atoms with E-state index in [0.29, 0.717) is 5.02 Å². The standard InChI is InChI=1S/C9H8ClN5O2/c10-6-4-12-14(5-6)8-3-1-2-7(13-11)9(8)15(16)17/h1-5,13H,11H2. The van der Waals surface area contributed by atoms with Gasteiger partial charge in [-0.1, -0.05) is 17.7 Å². The van der Waals surface area contributed by atoms with Crippen molar-refractivity contribution in [3.8, 4) is 5.69 Å². The molecule has 0 aliphatic carbocycles.